The Balaban J connectivity index is 2.56. The van der Waals surface area contributed by atoms with Gasteiger partial charge in [-0.25, -0.2) is 0 Å². The van der Waals surface area contributed by atoms with Crippen molar-refractivity contribution in [2.24, 2.45) is 0 Å². The average molecular weight is 494 g/mol. The van der Waals surface area contributed by atoms with Crippen LogP contribution in [-0.2, 0) is 14.9 Å². The fraction of sp³-hybridized carbons (Fsp3) is 0.0526. The molecule has 3 rings (SSSR count). The summed E-state index contributed by atoms with van der Waals surface area (Å²) in [5.74, 6) is -0.737. The zero-order valence-electron chi connectivity index (χ0n) is 14.3. The molecule has 0 radical (unpaired) electrons. The van der Waals surface area contributed by atoms with Gasteiger partial charge < -0.3 is 10.2 Å². The second-order valence-electron chi connectivity index (χ2n) is 6.11. The van der Waals surface area contributed by atoms with Gasteiger partial charge >= 0.3 is 0 Å². The van der Waals surface area contributed by atoms with Crippen LogP contribution in [0.25, 0.3) is 0 Å². The van der Waals surface area contributed by atoms with Crippen molar-refractivity contribution < 1.29 is 23.2 Å². The summed E-state index contributed by atoms with van der Waals surface area (Å²) >= 11 is 24.2. The highest BCUT2D eigenvalue weighted by atomic mass is 35.5. The van der Waals surface area contributed by atoms with Gasteiger partial charge in [0.15, 0.2) is 4.75 Å². The molecule has 0 saturated heterocycles. The normalized spacial score (nSPS) is 13.8. The third-order valence-electron chi connectivity index (χ3n) is 4.41. The minimum absolute atomic E-state index is 0.0336. The maximum Gasteiger partial charge on any atom is 0.283 e. The Morgan fingerprint density at radius 3 is 1.79 bits per heavy atom. The second kappa shape index (κ2) is 7.87. The number of halogens is 4. The van der Waals surface area contributed by atoms with Crippen LogP contribution in [-0.4, -0.2) is 23.2 Å². The zero-order chi connectivity index (χ0) is 21.6. The lowest BCUT2D eigenvalue weighted by molar-refractivity contribution is 0.455. The van der Waals surface area contributed by atoms with E-state index in [0.29, 0.717) is 5.02 Å². The van der Waals surface area contributed by atoms with Gasteiger partial charge in [0.1, 0.15) is 11.5 Å². The van der Waals surface area contributed by atoms with E-state index in [9.17, 15) is 23.2 Å². The summed E-state index contributed by atoms with van der Waals surface area (Å²) in [7, 11) is -5.00. The molecule has 3 aromatic carbocycles. The number of phenols is 2. The quantitative estimate of drug-likeness (QED) is 0.311. The zero-order valence-corrected chi connectivity index (χ0v) is 18.1. The average Bonchev–Trinajstić information content (AvgIpc) is 2.63. The van der Waals surface area contributed by atoms with Crippen LogP contribution in [0.5, 0.6) is 11.5 Å². The molecule has 0 aliphatic carbocycles. The van der Waals surface area contributed by atoms with Crippen LogP contribution in [0, 0.1) is 0 Å². The van der Waals surface area contributed by atoms with Crippen LogP contribution < -0.4 is 0 Å². The molecule has 152 valence electrons. The molecular formula is C19H12Cl4O5S. The molecule has 0 aromatic heterocycles. The molecule has 0 saturated carbocycles. The van der Waals surface area contributed by atoms with E-state index in [4.69, 9.17) is 46.4 Å². The standard InChI is InChI=1S/C19H12Cl4O5S/c20-12-4-1-10(2-5-12)19(29(26,27)28,11-3-6-17(24)15(22)7-11)13-8-18(25)16(23)9-14(13)21/h1-9,24-25H,(H,26,27,28). The van der Waals surface area contributed by atoms with Crippen LogP contribution in [0.15, 0.2) is 54.6 Å². The van der Waals surface area contributed by atoms with Crippen molar-refractivity contribution in [3.63, 3.8) is 0 Å². The summed E-state index contributed by atoms with van der Waals surface area (Å²) in [6.45, 7) is 0. The van der Waals surface area contributed by atoms with Gasteiger partial charge in [0.25, 0.3) is 10.1 Å². The Hall–Kier alpha value is -1.67. The molecule has 10 heteroatoms. The van der Waals surface area contributed by atoms with Crippen molar-refractivity contribution in [2.75, 3.05) is 0 Å². The van der Waals surface area contributed by atoms with Gasteiger partial charge in [-0.3, -0.25) is 4.55 Å². The van der Waals surface area contributed by atoms with Crippen molar-refractivity contribution in [1.82, 2.24) is 0 Å². The van der Waals surface area contributed by atoms with Gasteiger partial charge in [-0.1, -0.05) is 64.6 Å². The molecule has 0 amide bonds. The molecule has 5 nitrogen and oxygen atoms in total. The molecule has 29 heavy (non-hydrogen) atoms. The molecule has 0 aliphatic heterocycles. The monoisotopic (exact) mass is 492 g/mol. The second-order valence-corrected chi connectivity index (χ2v) is 9.33. The molecule has 3 N–H and O–H groups in total. The SMILES string of the molecule is O=S(=O)(O)C(c1ccc(Cl)cc1)(c1ccc(O)c(Cl)c1)c1cc(O)c(Cl)cc1Cl. The minimum Gasteiger partial charge on any atom is -0.506 e. The maximum absolute atomic E-state index is 12.9. The molecular weight excluding hydrogens is 482 g/mol. The van der Waals surface area contributed by atoms with Gasteiger partial charge in [-0.2, -0.15) is 8.42 Å². The van der Waals surface area contributed by atoms with Gasteiger partial charge in [-0.15, -0.1) is 0 Å². The van der Waals surface area contributed by atoms with Crippen LogP contribution in [0.1, 0.15) is 16.7 Å². The number of hydrogen-bond acceptors (Lipinski definition) is 4. The summed E-state index contributed by atoms with van der Waals surface area (Å²) in [4.78, 5) is 0. The van der Waals surface area contributed by atoms with E-state index in [1.165, 1.54) is 42.5 Å². The van der Waals surface area contributed by atoms with Crippen molar-refractivity contribution in [3.8, 4) is 11.5 Å². The highest BCUT2D eigenvalue weighted by Gasteiger charge is 2.50. The van der Waals surface area contributed by atoms with E-state index in [1.54, 1.807) is 0 Å². The lowest BCUT2D eigenvalue weighted by Crippen LogP contribution is -2.38. The van der Waals surface area contributed by atoms with E-state index in [0.717, 1.165) is 12.1 Å². The maximum atomic E-state index is 12.9. The minimum atomic E-state index is -5.00. The van der Waals surface area contributed by atoms with Crippen molar-refractivity contribution in [2.45, 2.75) is 4.75 Å². The fourth-order valence-corrected chi connectivity index (χ4v) is 5.33. The Morgan fingerprint density at radius 1 is 0.690 bits per heavy atom. The molecule has 0 spiro atoms. The molecule has 0 heterocycles. The van der Waals surface area contributed by atoms with E-state index in [2.05, 4.69) is 0 Å². The largest absolute Gasteiger partial charge is 0.506 e. The summed E-state index contributed by atoms with van der Waals surface area (Å²) in [6.07, 6.45) is 0. The molecule has 0 fully saturated rings. The van der Waals surface area contributed by atoms with Crippen LogP contribution >= 0.6 is 46.4 Å². The summed E-state index contributed by atoms with van der Waals surface area (Å²) in [5, 5.41) is 19.8. The number of benzene rings is 3. The predicted octanol–water partition coefficient (Wildman–Crippen LogP) is 5.89. The highest BCUT2D eigenvalue weighted by molar-refractivity contribution is 7.87. The van der Waals surface area contributed by atoms with Gasteiger partial charge in [-0.05, 0) is 47.5 Å². The van der Waals surface area contributed by atoms with Crippen molar-refractivity contribution in [1.29, 1.82) is 0 Å². The van der Waals surface area contributed by atoms with Gasteiger partial charge in [0, 0.05) is 15.6 Å². The smallest absolute Gasteiger partial charge is 0.283 e. The van der Waals surface area contributed by atoms with Crippen LogP contribution in [0.4, 0.5) is 0 Å². The van der Waals surface area contributed by atoms with E-state index in [-0.39, 0.29) is 37.5 Å². The molecule has 3 aromatic rings. The van der Waals surface area contributed by atoms with Crippen molar-refractivity contribution >= 4 is 56.5 Å². The lowest BCUT2D eigenvalue weighted by atomic mass is 9.83. The van der Waals surface area contributed by atoms with Gasteiger partial charge in [0.05, 0.1) is 10.0 Å². The Labute approximate surface area is 186 Å². The number of aromatic hydroxyl groups is 2. The Morgan fingerprint density at radius 2 is 1.24 bits per heavy atom. The van der Waals surface area contributed by atoms with Gasteiger partial charge in [0.2, 0.25) is 0 Å². The highest BCUT2D eigenvalue weighted by Crippen LogP contribution is 2.49. The molecule has 1 atom stereocenters. The topological polar surface area (TPSA) is 94.8 Å². The third kappa shape index (κ3) is 3.77. The lowest BCUT2D eigenvalue weighted by Gasteiger charge is -2.33. The van der Waals surface area contributed by atoms with E-state index >= 15 is 0 Å². The number of hydrogen-bond donors (Lipinski definition) is 3. The van der Waals surface area contributed by atoms with Crippen LogP contribution in [0.3, 0.4) is 0 Å². The van der Waals surface area contributed by atoms with E-state index < -0.39 is 20.6 Å². The summed E-state index contributed by atoms with van der Waals surface area (Å²) in [6, 6.07) is 11.5. The Kier molecular flexibility index (Phi) is 5.98. The fourth-order valence-electron chi connectivity index (χ4n) is 3.13. The van der Waals surface area contributed by atoms with Crippen LogP contribution in [0.2, 0.25) is 20.1 Å². The number of phenolic OH excluding ortho intramolecular Hbond substituents is 2. The first-order chi connectivity index (χ1) is 13.5. The first kappa shape index (κ1) is 22.0. The molecule has 0 aliphatic rings. The molecule has 1 unspecified atom stereocenters. The summed E-state index contributed by atoms with van der Waals surface area (Å²) < 4.78 is 34.0. The van der Waals surface area contributed by atoms with Crippen molar-refractivity contribution in [3.05, 3.63) is 91.4 Å². The first-order valence-electron chi connectivity index (χ1n) is 7.89. The van der Waals surface area contributed by atoms with E-state index in [1.807, 2.05) is 0 Å². The number of rotatable bonds is 4. The summed E-state index contributed by atoms with van der Waals surface area (Å²) in [5.41, 5.74) is -0.142. The molecule has 0 bridgehead atoms. The predicted molar refractivity (Wildman–Crippen MR) is 114 cm³/mol. The third-order valence-corrected chi connectivity index (χ3v) is 7.04. The Bertz CT molecular complexity index is 1200. The first-order valence-corrected chi connectivity index (χ1v) is 10.8.